The summed E-state index contributed by atoms with van der Waals surface area (Å²) < 4.78 is 0. The van der Waals surface area contributed by atoms with E-state index in [0.29, 0.717) is 18.2 Å². The van der Waals surface area contributed by atoms with Crippen LogP contribution in [0.5, 0.6) is 0 Å². The Morgan fingerprint density at radius 1 is 1.24 bits per heavy atom. The van der Waals surface area contributed by atoms with Gasteiger partial charge < -0.3 is 4.90 Å². The minimum Gasteiger partial charge on any atom is -0.340 e. The molecule has 0 saturated carbocycles. The van der Waals surface area contributed by atoms with Crippen LogP contribution in [0, 0.1) is 5.92 Å². The summed E-state index contributed by atoms with van der Waals surface area (Å²) in [5.74, 6) is 1.91. The van der Waals surface area contributed by atoms with Gasteiger partial charge in [-0.3, -0.25) is 9.69 Å². The molecule has 3 nitrogen and oxygen atoms in total. The molecule has 1 amide bonds. The van der Waals surface area contributed by atoms with Gasteiger partial charge in [0, 0.05) is 32.6 Å². The molecule has 1 saturated heterocycles. The second-order valence-corrected chi connectivity index (χ2v) is 5.68. The first-order valence-corrected chi connectivity index (χ1v) is 7.37. The predicted molar refractivity (Wildman–Crippen MR) is 75.6 cm³/mol. The zero-order valence-corrected chi connectivity index (χ0v) is 12.1. The highest BCUT2D eigenvalue weighted by atomic mass is 32.1. The summed E-state index contributed by atoms with van der Waals surface area (Å²) in [5.41, 5.74) is 0. The van der Waals surface area contributed by atoms with Crippen LogP contribution in [0.1, 0.15) is 33.1 Å². The van der Waals surface area contributed by atoms with Crippen molar-refractivity contribution in [1.82, 2.24) is 9.80 Å². The first-order valence-electron chi connectivity index (χ1n) is 6.74. The lowest BCUT2D eigenvalue weighted by atomic mass is 10.1. The van der Waals surface area contributed by atoms with Crippen molar-refractivity contribution in [2.45, 2.75) is 33.1 Å². The summed E-state index contributed by atoms with van der Waals surface area (Å²) in [6, 6.07) is 0. The van der Waals surface area contributed by atoms with Crippen LogP contribution in [0.4, 0.5) is 0 Å². The van der Waals surface area contributed by atoms with Crippen LogP contribution in [-0.4, -0.2) is 54.2 Å². The molecular formula is C13H26N2OS. The predicted octanol–water partition coefficient (Wildman–Crippen LogP) is 1.89. The van der Waals surface area contributed by atoms with Crippen LogP contribution in [0.15, 0.2) is 0 Å². The lowest BCUT2D eigenvalue weighted by Crippen LogP contribution is -2.48. The van der Waals surface area contributed by atoms with E-state index in [4.69, 9.17) is 0 Å². The van der Waals surface area contributed by atoms with Crippen molar-refractivity contribution < 1.29 is 4.79 Å². The van der Waals surface area contributed by atoms with Crippen molar-refractivity contribution in [2.75, 3.05) is 38.5 Å². The van der Waals surface area contributed by atoms with Gasteiger partial charge in [-0.05, 0) is 31.1 Å². The fraction of sp³-hybridized carbons (Fsp3) is 0.923. The van der Waals surface area contributed by atoms with E-state index in [-0.39, 0.29) is 0 Å². The lowest BCUT2D eigenvalue weighted by molar-refractivity contribution is -0.133. The molecule has 0 atom stereocenters. The van der Waals surface area contributed by atoms with Crippen LogP contribution in [0.25, 0.3) is 0 Å². The Morgan fingerprint density at radius 2 is 1.88 bits per heavy atom. The van der Waals surface area contributed by atoms with E-state index in [9.17, 15) is 4.79 Å². The zero-order valence-electron chi connectivity index (χ0n) is 11.2. The van der Waals surface area contributed by atoms with Crippen LogP contribution in [-0.2, 0) is 4.79 Å². The van der Waals surface area contributed by atoms with Crippen molar-refractivity contribution >= 4 is 18.5 Å². The second-order valence-electron chi connectivity index (χ2n) is 5.23. The fourth-order valence-electron chi connectivity index (χ4n) is 2.09. The first-order chi connectivity index (χ1) is 8.13. The molecule has 100 valence electrons. The summed E-state index contributed by atoms with van der Waals surface area (Å²) in [6.45, 7) is 9.33. The molecule has 1 aliphatic rings. The van der Waals surface area contributed by atoms with E-state index in [1.54, 1.807) is 0 Å². The van der Waals surface area contributed by atoms with Gasteiger partial charge in [-0.25, -0.2) is 0 Å². The standard InChI is InChI=1S/C13H26N2OS/c1-12(2)4-5-13(16)15-9-7-14(8-10-15)6-3-11-17/h12,17H,3-11H2,1-2H3. The van der Waals surface area contributed by atoms with Crippen molar-refractivity contribution in [3.05, 3.63) is 0 Å². The van der Waals surface area contributed by atoms with Gasteiger partial charge in [0.2, 0.25) is 5.91 Å². The summed E-state index contributed by atoms with van der Waals surface area (Å²) in [5, 5.41) is 0. The van der Waals surface area contributed by atoms with Gasteiger partial charge in [0.15, 0.2) is 0 Å². The van der Waals surface area contributed by atoms with E-state index in [2.05, 4.69) is 31.4 Å². The number of rotatable bonds is 6. The average molecular weight is 258 g/mol. The molecule has 1 heterocycles. The van der Waals surface area contributed by atoms with E-state index in [0.717, 1.165) is 51.3 Å². The zero-order chi connectivity index (χ0) is 12.7. The van der Waals surface area contributed by atoms with Gasteiger partial charge >= 0.3 is 0 Å². The Bertz CT molecular complexity index is 225. The molecular weight excluding hydrogens is 232 g/mol. The maximum atomic E-state index is 11.9. The van der Waals surface area contributed by atoms with Crippen LogP contribution < -0.4 is 0 Å². The van der Waals surface area contributed by atoms with Gasteiger partial charge in [-0.2, -0.15) is 12.6 Å². The van der Waals surface area contributed by atoms with Crippen molar-refractivity contribution in [2.24, 2.45) is 5.92 Å². The van der Waals surface area contributed by atoms with Gasteiger partial charge in [-0.15, -0.1) is 0 Å². The highest BCUT2D eigenvalue weighted by Gasteiger charge is 2.20. The summed E-state index contributed by atoms with van der Waals surface area (Å²) in [7, 11) is 0. The van der Waals surface area contributed by atoms with Gasteiger partial charge in [0.25, 0.3) is 0 Å². The Morgan fingerprint density at radius 3 is 2.41 bits per heavy atom. The number of hydrogen-bond donors (Lipinski definition) is 1. The molecule has 0 aromatic rings. The lowest BCUT2D eigenvalue weighted by Gasteiger charge is -2.34. The number of carbonyl (C=O) groups is 1. The highest BCUT2D eigenvalue weighted by Crippen LogP contribution is 2.09. The highest BCUT2D eigenvalue weighted by molar-refractivity contribution is 7.80. The summed E-state index contributed by atoms with van der Waals surface area (Å²) >= 11 is 4.23. The van der Waals surface area contributed by atoms with E-state index in [1.165, 1.54) is 0 Å². The molecule has 17 heavy (non-hydrogen) atoms. The van der Waals surface area contributed by atoms with Crippen molar-refractivity contribution in [3.63, 3.8) is 0 Å². The number of piperazine rings is 1. The Kier molecular flexibility index (Phi) is 6.97. The Hall–Kier alpha value is -0.220. The molecule has 1 fully saturated rings. The van der Waals surface area contributed by atoms with Crippen LogP contribution in [0.2, 0.25) is 0 Å². The number of carbonyl (C=O) groups excluding carboxylic acids is 1. The third-order valence-electron chi connectivity index (χ3n) is 3.29. The molecule has 0 radical (unpaired) electrons. The summed E-state index contributed by atoms with van der Waals surface area (Å²) in [6.07, 6.45) is 2.87. The van der Waals surface area contributed by atoms with Crippen molar-refractivity contribution in [3.8, 4) is 0 Å². The fourth-order valence-corrected chi connectivity index (χ4v) is 2.23. The van der Waals surface area contributed by atoms with Gasteiger partial charge in [0.1, 0.15) is 0 Å². The molecule has 0 spiro atoms. The van der Waals surface area contributed by atoms with Crippen LogP contribution >= 0.6 is 12.6 Å². The maximum absolute atomic E-state index is 11.9. The van der Waals surface area contributed by atoms with Crippen molar-refractivity contribution in [1.29, 1.82) is 0 Å². The third kappa shape index (κ3) is 5.77. The number of thiol groups is 1. The quantitative estimate of drug-likeness (QED) is 0.736. The first kappa shape index (κ1) is 14.8. The third-order valence-corrected chi connectivity index (χ3v) is 3.61. The molecule has 4 heteroatoms. The Labute approximate surface area is 111 Å². The Balaban J connectivity index is 2.19. The minimum absolute atomic E-state index is 0.340. The summed E-state index contributed by atoms with van der Waals surface area (Å²) in [4.78, 5) is 16.4. The monoisotopic (exact) mass is 258 g/mol. The molecule has 1 aliphatic heterocycles. The van der Waals surface area contributed by atoms with Gasteiger partial charge in [-0.1, -0.05) is 13.8 Å². The smallest absolute Gasteiger partial charge is 0.222 e. The number of nitrogens with zero attached hydrogens (tertiary/aromatic N) is 2. The number of hydrogen-bond acceptors (Lipinski definition) is 3. The molecule has 1 rings (SSSR count). The molecule has 0 unspecified atom stereocenters. The largest absolute Gasteiger partial charge is 0.340 e. The average Bonchev–Trinajstić information content (AvgIpc) is 2.34. The van der Waals surface area contributed by atoms with E-state index in [1.807, 2.05) is 4.90 Å². The molecule has 0 aliphatic carbocycles. The number of amides is 1. The SMILES string of the molecule is CC(C)CCC(=O)N1CCN(CCCS)CC1. The van der Waals surface area contributed by atoms with E-state index >= 15 is 0 Å². The molecule has 0 aromatic carbocycles. The topological polar surface area (TPSA) is 23.6 Å². The van der Waals surface area contributed by atoms with Gasteiger partial charge in [0.05, 0.1) is 0 Å². The molecule has 0 bridgehead atoms. The van der Waals surface area contributed by atoms with E-state index < -0.39 is 0 Å². The molecule has 0 N–H and O–H groups in total. The molecule has 0 aromatic heterocycles. The minimum atomic E-state index is 0.340. The maximum Gasteiger partial charge on any atom is 0.222 e. The normalized spacial score (nSPS) is 17.8. The van der Waals surface area contributed by atoms with Crippen LogP contribution in [0.3, 0.4) is 0 Å². The second kappa shape index (κ2) is 7.98.